The number of amides is 1. The maximum atomic E-state index is 12.6. The minimum absolute atomic E-state index is 0.0764. The second-order valence-corrected chi connectivity index (χ2v) is 6.46. The van der Waals surface area contributed by atoms with E-state index in [9.17, 15) is 9.59 Å². The second kappa shape index (κ2) is 4.67. The van der Waals surface area contributed by atoms with Gasteiger partial charge in [-0.1, -0.05) is 13.8 Å². The summed E-state index contributed by atoms with van der Waals surface area (Å²) >= 11 is 0. The molecule has 0 saturated heterocycles. The summed E-state index contributed by atoms with van der Waals surface area (Å²) < 4.78 is 0. The summed E-state index contributed by atoms with van der Waals surface area (Å²) in [6.07, 6.45) is 3.01. The van der Waals surface area contributed by atoms with E-state index in [2.05, 4.69) is 13.8 Å². The molecule has 3 rings (SSSR count). The van der Waals surface area contributed by atoms with E-state index in [0.717, 1.165) is 19.3 Å². The number of ketones is 1. The monoisotopic (exact) mass is 251 g/mol. The van der Waals surface area contributed by atoms with Crippen LogP contribution in [0.3, 0.4) is 0 Å². The van der Waals surface area contributed by atoms with Gasteiger partial charge in [-0.3, -0.25) is 9.59 Å². The first-order valence-corrected chi connectivity index (χ1v) is 7.24. The van der Waals surface area contributed by atoms with Gasteiger partial charge in [0, 0.05) is 19.0 Å². The molecule has 0 unspecified atom stereocenters. The Hall–Kier alpha value is -0.860. The van der Waals surface area contributed by atoms with Crippen LogP contribution in [0.5, 0.6) is 0 Å². The molecular formula is C15H25NO2. The fourth-order valence-corrected chi connectivity index (χ4v) is 4.00. The molecule has 18 heavy (non-hydrogen) atoms. The molecule has 0 spiro atoms. The van der Waals surface area contributed by atoms with E-state index >= 15 is 0 Å². The van der Waals surface area contributed by atoms with Crippen LogP contribution in [0.15, 0.2) is 0 Å². The number of carbonyl (C=O) groups is 2. The summed E-state index contributed by atoms with van der Waals surface area (Å²) in [7, 11) is 0. The number of nitrogens with zero attached hydrogens (tertiary/aromatic N) is 1. The summed E-state index contributed by atoms with van der Waals surface area (Å²) in [4.78, 5) is 26.8. The maximum absolute atomic E-state index is 12.6. The van der Waals surface area contributed by atoms with E-state index < -0.39 is 0 Å². The highest BCUT2D eigenvalue weighted by molar-refractivity contribution is 6.04. The van der Waals surface area contributed by atoms with Crippen LogP contribution in [0.2, 0.25) is 0 Å². The summed E-state index contributed by atoms with van der Waals surface area (Å²) in [5, 5.41) is 0. The zero-order chi connectivity index (χ0) is 13.5. The van der Waals surface area contributed by atoms with Crippen LogP contribution in [0.1, 0.15) is 47.0 Å². The predicted octanol–water partition coefficient (Wildman–Crippen LogP) is 2.50. The van der Waals surface area contributed by atoms with E-state index in [1.807, 2.05) is 18.7 Å². The van der Waals surface area contributed by atoms with Gasteiger partial charge in [-0.25, -0.2) is 0 Å². The molecule has 0 aromatic carbocycles. The van der Waals surface area contributed by atoms with E-state index in [4.69, 9.17) is 0 Å². The van der Waals surface area contributed by atoms with Crippen molar-refractivity contribution in [2.75, 3.05) is 13.1 Å². The molecule has 0 heterocycles. The van der Waals surface area contributed by atoms with Crippen LogP contribution in [0.25, 0.3) is 0 Å². The second-order valence-electron chi connectivity index (χ2n) is 6.46. The lowest BCUT2D eigenvalue weighted by atomic mass is 9.52. The normalized spacial score (nSPS) is 33.6. The molecule has 3 heteroatoms. The van der Waals surface area contributed by atoms with Crippen molar-refractivity contribution in [3.05, 3.63) is 0 Å². The van der Waals surface area contributed by atoms with Gasteiger partial charge >= 0.3 is 0 Å². The lowest BCUT2D eigenvalue weighted by Gasteiger charge is -2.51. The molecule has 0 aromatic heterocycles. The van der Waals surface area contributed by atoms with E-state index in [-0.39, 0.29) is 34.9 Å². The maximum Gasteiger partial charge on any atom is 0.233 e. The molecule has 3 aliphatic rings. The molecular weight excluding hydrogens is 226 g/mol. The highest BCUT2D eigenvalue weighted by atomic mass is 16.2. The van der Waals surface area contributed by atoms with Gasteiger partial charge in [0.1, 0.15) is 11.7 Å². The van der Waals surface area contributed by atoms with Crippen molar-refractivity contribution in [2.24, 2.45) is 23.2 Å². The summed E-state index contributed by atoms with van der Waals surface area (Å²) in [6.45, 7) is 9.82. The number of fused-ring (bicyclic) bond motifs is 3. The highest BCUT2D eigenvalue weighted by Crippen LogP contribution is 2.53. The van der Waals surface area contributed by atoms with Gasteiger partial charge in [-0.05, 0) is 44.4 Å². The smallest absolute Gasteiger partial charge is 0.233 e. The van der Waals surface area contributed by atoms with Gasteiger partial charge < -0.3 is 4.90 Å². The Labute approximate surface area is 110 Å². The van der Waals surface area contributed by atoms with Gasteiger partial charge in [0.2, 0.25) is 5.91 Å². The molecule has 0 N–H and O–H groups in total. The largest absolute Gasteiger partial charge is 0.343 e. The van der Waals surface area contributed by atoms with Crippen LogP contribution in [0, 0.1) is 23.2 Å². The van der Waals surface area contributed by atoms with Crippen molar-refractivity contribution in [3.8, 4) is 0 Å². The Bertz CT molecular complexity index is 358. The Morgan fingerprint density at radius 3 is 2.39 bits per heavy atom. The molecule has 102 valence electrons. The average Bonchev–Trinajstić information content (AvgIpc) is 2.31. The van der Waals surface area contributed by atoms with Gasteiger partial charge in [-0.15, -0.1) is 0 Å². The van der Waals surface area contributed by atoms with Crippen LogP contribution in [-0.4, -0.2) is 29.7 Å². The fraction of sp³-hybridized carbons (Fsp3) is 0.867. The Morgan fingerprint density at radius 2 is 1.89 bits per heavy atom. The SMILES string of the molecule is CCN(CC)C(=O)[C@@H]1C(=O)[C@H]2CC[C@H]1C(C)(C)C2. The lowest BCUT2D eigenvalue weighted by Crippen LogP contribution is -2.55. The Balaban J connectivity index is 2.26. The van der Waals surface area contributed by atoms with Crippen LogP contribution in [-0.2, 0) is 9.59 Å². The number of hydrogen-bond donors (Lipinski definition) is 0. The van der Waals surface area contributed by atoms with Gasteiger partial charge in [0.25, 0.3) is 0 Å². The lowest BCUT2D eigenvalue weighted by molar-refractivity contribution is -0.158. The molecule has 0 aliphatic heterocycles. The van der Waals surface area contributed by atoms with Gasteiger partial charge in [-0.2, -0.15) is 0 Å². The third-order valence-electron chi connectivity index (χ3n) is 5.05. The third kappa shape index (κ3) is 1.98. The summed E-state index contributed by atoms with van der Waals surface area (Å²) in [5.41, 5.74) is 0.143. The molecule has 3 aliphatic carbocycles. The molecule has 3 fully saturated rings. The summed E-state index contributed by atoms with van der Waals surface area (Å²) in [6, 6.07) is 0. The van der Waals surface area contributed by atoms with Crippen LogP contribution < -0.4 is 0 Å². The summed E-state index contributed by atoms with van der Waals surface area (Å²) in [5.74, 6) is 0.333. The number of hydrogen-bond acceptors (Lipinski definition) is 2. The Kier molecular flexibility index (Phi) is 3.52. The molecule has 2 bridgehead atoms. The topological polar surface area (TPSA) is 37.4 Å². The van der Waals surface area contributed by atoms with E-state index in [0.29, 0.717) is 13.1 Å². The molecule has 3 atom stereocenters. The third-order valence-corrected chi connectivity index (χ3v) is 5.05. The quantitative estimate of drug-likeness (QED) is 0.723. The first-order chi connectivity index (χ1) is 8.42. The first-order valence-electron chi connectivity index (χ1n) is 7.24. The standard InChI is InChI=1S/C15H25NO2/c1-5-16(6-2)14(18)12-11-8-7-10(13(12)17)9-15(11,3)4/h10-12H,5-9H2,1-4H3/t10-,11+,12-/m0/s1. The predicted molar refractivity (Wildman–Crippen MR) is 71.0 cm³/mol. The number of rotatable bonds is 3. The van der Waals surface area contributed by atoms with E-state index in [1.165, 1.54) is 0 Å². The number of carbonyl (C=O) groups excluding carboxylic acids is 2. The Morgan fingerprint density at radius 1 is 1.28 bits per heavy atom. The average molecular weight is 251 g/mol. The zero-order valence-corrected chi connectivity index (χ0v) is 12.0. The van der Waals surface area contributed by atoms with Crippen molar-refractivity contribution < 1.29 is 9.59 Å². The van der Waals surface area contributed by atoms with Crippen molar-refractivity contribution in [1.82, 2.24) is 4.90 Å². The minimum atomic E-state index is -0.354. The van der Waals surface area contributed by atoms with Crippen molar-refractivity contribution in [1.29, 1.82) is 0 Å². The molecule has 3 nitrogen and oxygen atoms in total. The van der Waals surface area contributed by atoms with Crippen molar-refractivity contribution in [2.45, 2.75) is 47.0 Å². The fourth-order valence-electron chi connectivity index (χ4n) is 4.00. The van der Waals surface area contributed by atoms with Gasteiger partial charge in [0.05, 0.1) is 0 Å². The van der Waals surface area contributed by atoms with E-state index in [1.54, 1.807) is 0 Å². The molecule has 0 radical (unpaired) electrons. The zero-order valence-electron chi connectivity index (χ0n) is 12.0. The molecule has 1 amide bonds. The van der Waals surface area contributed by atoms with Crippen LogP contribution in [0.4, 0.5) is 0 Å². The minimum Gasteiger partial charge on any atom is -0.343 e. The van der Waals surface area contributed by atoms with Crippen LogP contribution >= 0.6 is 0 Å². The first kappa shape index (κ1) is 13.6. The highest BCUT2D eigenvalue weighted by Gasteiger charge is 2.54. The molecule has 3 saturated carbocycles. The molecule has 0 aromatic rings. The van der Waals surface area contributed by atoms with Gasteiger partial charge in [0.15, 0.2) is 0 Å². The van der Waals surface area contributed by atoms with Crippen molar-refractivity contribution in [3.63, 3.8) is 0 Å². The number of Topliss-reactive ketones (excluding diaryl/α,β-unsaturated/α-hetero) is 1. The van der Waals surface area contributed by atoms with Crippen molar-refractivity contribution >= 4 is 11.7 Å².